The highest BCUT2D eigenvalue weighted by molar-refractivity contribution is 7.20. The summed E-state index contributed by atoms with van der Waals surface area (Å²) >= 11 is 1.15. The fourth-order valence-corrected chi connectivity index (χ4v) is 5.13. The van der Waals surface area contributed by atoms with E-state index in [0.29, 0.717) is 64.9 Å². The molecule has 0 saturated carbocycles. The Morgan fingerprint density at radius 3 is 2.70 bits per heavy atom. The van der Waals surface area contributed by atoms with Crippen LogP contribution in [0, 0.1) is 6.92 Å². The lowest BCUT2D eigenvalue weighted by Gasteiger charge is -2.33. The van der Waals surface area contributed by atoms with E-state index < -0.39 is 17.7 Å². The summed E-state index contributed by atoms with van der Waals surface area (Å²) in [5, 5.41) is 0.399. The molecule has 2 N–H and O–H groups in total. The van der Waals surface area contributed by atoms with Gasteiger partial charge in [-0.25, -0.2) is 9.78 Å². The lowest BCUT2D eigenvalue weighted by molar-refractivity contribution is -0.915. The van der Waals surface area contributed by atoms with E-state index in [0.717, 1.165) is 17.4 Å². The highest BCUT2D eigenvalue weighted by Crippen LogP contribution is 2.31. The van der Waals surface area contributed by atoms with Gasteiger partial charge in [-0.1, -0.05) is 6.07 Å². The van der Waals surface area contributed by atoms with Crippen molar-refractivity contribution in [1.82, 2.24) is 9.97 Å². The molecule has 176 valence electrons. The molecule has 0 unspecified atom stereocenters. The zero-order valence-corrected chi connectivity index (χ0v) is 19.0. The minimum Gasteiger partial charge on any atom is -0.462 e. The van der Waals surface area contributed by atoms with E-state index in [1.54, 1.807) is 19.9 Å². The maximum atomic E-state index is 13.0. The number of hydrogen-bond donors (Lipinski definition) is 2. The molecule has 0 bridgehead atoms. The van der Waals surface area contributed by atoms with Gasteiger partial charge in [0.25, 0.3) is 5.56 Å². The third kappa shape index (κ3) is 4.88. The summed E-state index contributed by atoms with van der Waals surface area (Å²) in [4.78, 5) is 36.2. The number of halogens is 3. The van der Waals surface area contributed by atoms with Crippen molar-refractivity contribution in [3.8, 4) is 0 Å². The second-order valence-electron chi connectivity index (χ2n) is 7.93. The fourth-order valence-electron chi connectivity index (χ4n) is 4.04. The Balaban J connectivity index is 1.46. The van der Waals surface area contributed by atoms with Gasteiger partial charge >= 0.3 is 12.1 Å². The molecule has 0 aliphatic carbocycles. The summed E-state index contributed by atoms with van der Waals surface area (Å²) in [6, 6.07) is 5.36. The van der Waals surface area contributed by atoms with Crippen molar-refractivity contribution in [3.63, 3.8) is 0 Å². The standard InChI is InChI=1S/C22H23F3N4O3S/c1-3-32-21(31)18-13(2)17-19(30)26-16(27-20(17)33-18)12-28-7-9-29(10-8-28)15-6-4-5-14(11-15)22(23,24)25/h4-6,11H,3,7-10,12H2,1-2H3,(H,26,27,30)/p+1. The van der Waals surface area contributed by atoms with Crippen molar-refractivity contribution in [3.05, 3.63) is 56.4 Å². The number of benzene rings is 1. The number of esters is 1. The first-order chi connectivity index (χ1) is 15.7. The maximum absolute atomic E-state index is 13.0. The van der Waals surface area contributed by atoms with Gasteiger partial charge in [0.15, 0.2) is 5.82 Å². The summed E-state index contributed by atoms with van der Waals surface area (Å²) in [6.45, 7) is 6.72. The molecule has 3 heterocycles. The first kappa shape index (κ1) is 23.2. The van der Waals surface area contributed by atoms with E-state index in [-0.39, 0.29) is 12.2 Å². The first-order valence-electron chi connectivity index (χ1n) is 10.6. The molecule has 0 radical (unpaired) electrons. The predicted octanol–water partition coefficient (Wildman–Crippen LogP) is 2.39. The highest BCUT2D eigenvalue weighted by atomic mass is 32.1. The van der Waals surface area contributed by atoms with Crippen LogP contribution in [0.5, 0.6) is 0 Å². The smallest absolute Gasteiger partial charge is 0.416 e. The number of carbonyl (C=O) groups is 1. The van der Waals surface area contributed by atoms with Crippen LogP contribution >= 0.6 is 11.3 Å². The summed E-state index contributed by atoms with van der Waals surface area (Å²) in [7, 11) is 0. The Labute approximate surface area is 191 Å². The normalized spacial score (nSPS) is 15.2. The highest BCUT2D eigenvalue weighted by Gasteiger charge is 2.31. The first-order valence-corrected chi connectivity index (χ1v) is 11.4. The molecule has 0 amide bonds. The topological polar surface area (TPSA) is 79.7 Å². The minimum absolute atomic E-state index is 0.247. The number of rotatable bonds is 5. The molecule has 1 aliphatic rings. The van der Waals surface area contributed by atoms with Crippen LogP contribution in [-0.2, 0) is 17.5 Å². The lowest BCUT2D eigenvalue weighted by atomic mass is 10.1. The molecule has 11 heteroatoms. The van der Waals surface area contributed by atoms with Gasteiger partial charge in [0.1, 0.15) is 16.3 Å². The number of alkyl halides is 3. The Morgan fingerprint density at radius 2 is 2.03 bits per heavy atom. The Kier molecular flexibility index (Phi) is 6.44. The molecule has 33 heavy (non-hydrogen) atoms. The van der Waals surface area contributed by atoms with Crippen molar-refractivity contribution in [1.29, 1.82) is 0 Å². The number of quaternary nitrogens is 1. The Hall–Kier alpha value is -2.92. The van der Waals surface area contributed by atoms with Gasteiger partial charge in [-0.15, -0.1) is 11.3 Å². The van der Waals surface area contributed by atoms with E-state index in [2.05, 4.69) is 9.97 Å². The van der Waals surface area contributed by atoms with Crippen molar-refractivity contribution >= 4 is 33.2 Å². The molecule has 1 fully saturated rings. The number of aryl methyl sites for hydroxylation is 1. The Bertz CT molecular complexity index is 1230. The van der Waals surface area contributed by atoms with Crippen LogP contribution in [0.15, 0.2) is 29.1 Å². The summed E-state index contributed by atoms with van der Waals surface area (Å²) in [5.74, 6) is 0.0574. The molecule has 7 nitrogen and oxygen atoms in total. The van der Waals surface area contributed by atoms with Gasteiger partial charge < -0.3 is 19.5 Å². The largest absolute Gasteiger partial charge is 0.462 e. The average molecular weight is 482 g/mol. The summed E-state index contributed by atoms with van der Waals surface area (Å²) < 4.78 is 44.1. The van der Waals surface area contributed by atoms with E-state index in [4.69, 9.17) is 4.74 Å². The second kappa shape index (κ2) is 9.14. The molecule has 1 aromatic carbocycles. The van der Waals surface area contributed by atoms with Crippen LogP contribution in [0.2, 0.25) is 0 Å². The molecule has 4 rings (SSSR count). The lowest BCUT2D eigenvalue weighted by Crippen LogP contribution is -3.13. The van der Waals surface area contributed by atoms with Crippen molar-refractivity contribution in [2.45, 2.75) is 26.6 Å². The molecule has 2 aromatic heterocycles. The average Bonchev–Trinajstić information content (AvgIpc) is 3.11. The molecule has 0 atom stereocenters. The maximum Gasteiger partial charge on any atom is 0.416 e. The van der Waals surface area contributed by atoms with E-state index in [1.807, 2.05) is 4.90 Å². The second-order valence-corrected chi connectivity index (χ2v) is 8.93. The number of nitrogens with one attached hydrogen (secondary N) is 2. The number of nitrogens with zero attached hydrogens (tertiary/aromatic N) is 2. The number of carbonyl (C=O) groups excluding carboxylic acids is 1. The number of piperazine rings is 1. The fraction of sp³-hybridized carbons (Fsp3) is 0.409. The molecule has 1 aliphatic heterocycles. The van der Waals surface area contributed by atoms with Crippen LogP contribution < -0.4 is 15.4 Å². The van der Waals surface area contributed by atoms with Crippen LogP contribution in [0.1, 0.15) is 33.5 Å². The van der Waals surface area contributed by atoms with Gasteiger partial charge in [0.05, 0.1) is 43.7 Å². The number of anilines is 1. The van der Waals surface area contributed by atoms with Crippen molar-refractivity contribution < 1.29 is 27.6 Å². The number of H-pyrrole nitrogens is 1. The van der Waals surface area contributed by atoms with Crippen LogP contribution in [0.25, 0.3) is 10.2 Å². The minimum atomic E-state index is -4.37. The van der Waals surface area contributed by atoms with Crippen LogP contribution in [-0.4, -0.2) is 48.7 Å². The Morgan fingerprint density at radius 1 is 1.30 bits per heavy atom. The number of ether oxygens (including phenoxy) is 1. The predicted molar refractivity (Wildman–Crippen MR) is 119 cm³/mol. The monoisotopic (exact) mass is 481 g/mol. The summed E-state index contributed by atoms with van der Waals surface area (Å²) in [5.41, 5.74) is 0.174. The van der Waals surface area contributed by atoms with Gasteiger partial charge in [-0.3, -0.25) is 4.79 Å². The van der Waals surface area contributed by atoms with Crippen LogP contribution in [0.3, 0.4) is 0 Å². The van der Waals surface area contributed by atoms with E-state index >= 15 is 0 Å². The van der Waals surface area contributed by atoms with Crippen LogP contribution in [0.4, 0.5) is 18.9 Å². The van der Waals surface area contributed by atoms with Gasteiger partial charge in [-0.05, 0) is 37.6 Å². The summed E-state index contributed by atoms with van der Waals surface area (Å²) in [6.07, 6.45) is -4.37. The van der Waals surface area contributed by atoms with E-state index in [9.17, 15) is 22.8 Å². The molecular formula is C22H24F3N4O3S+. The third-order valence-electron chi connectivity index (χ3n) is 5.74. The number of aromatic amines is 1. The number of hydrogen-bond acceptors (Lipinski definition) is 6. The number of thiophene rings is 1. The zero-order valence-electron chi connectivity index (χ0n) is 18.2. The quantitative estimate of drug-likeness (QED) is 0.548. The van der Waals surface area contributed by atoms with Gasteiger partial charge in [0.2, 0.25) is 0 Å². The van der Waals surface area contributed by atoms with E-state index in [1.165, 1.54) is 17.0 Å². The molecule has 3 aromatic rings. The molecular weight excluding hydrogens is 457 g/mol. The molecule has 1 saturated heterocycles. The number of fused-ring (bicyclic) bond motifs is 1. The molecule has 0 spiro atoms. The van der Waals surface area contributed by atoms with Gasteiger partial charge in [-0.2, -0.15) is 13.2 Å². The third-order valence-corrected chi connectivity index (χ3v) is 6.90. The van der Waals surface area contributed by atoms with Crippen molar-refractivity contribution in [2.75, 3.05) is 37.7 Å². The van der Waals surface area contributed by atoms with Crippen molar-refractivity contribution in [2.24, 2.45) is 0 Å². The number of aromatic nitrogens is 2. The zero-order chi connectivity index (χ0) is 23.8. The van der Waals surface area contributed by atoms with Gasteiger partial charge in [0, 0.05) is 5.69 Å². The SMILES string of the molecule is CCOC(=O)c1sc2nc(C[NH+]3CCN(c4cccc(C(F)(F)F)c4)CC3)[nH]c(=O)c2c1C.